The van der Waals surface area contributed by atoms with Crippen molar-refractivity contribution >= 4 is 39.8 Å². The van der Waals surface area contributed by atoms with Crippen molar-refractivity contribution < 1.29 is 23.1 Å². The van der Waals surface area contributed by atoms with Crippen LogP contribution in [0.25, 0.3) is 28.1 Å². The Morgan fingerprint density at radius 2 is 1.77 bits per heavy atom. The van der Waals surface area contributed by atoms with E-state index in [9.17, 15) is 18.0 Å². The van der Waals surface area contributed by atoms with Crippen molar-refractivity contribution in [1.82, 2.24) is 10.2 Å². The Bertz CT molecular complexity index is 1450. The topological polar surface area (TPSA) is 92.0 Å². The van der Waals surface area contributed by atoms with Crippen molar-refractivity contribution in [1.29, 1.82) is 0 Å². The summed E-state index contributed by atoms with van der Waals surface area (Å²) in [5, 5.41) is 16.7. The minimum absolute atomic E-state index is 0.0413. The predicted molar refractivity (Wildman–Crippen MR) is 131 cm³/mol. The number of aromatic nitrogens is 2. The number of benzene rings is 3. The maximum Gasteiger partial charge on any atom is 0.416 e. The highest BCUT2D eigenvalue weighted by Gasteiger charge is 2.31. The number of alkyl halides is 3. The first-order chi connectivity index (χ1) is 16.7. The molecule has 8 heteroatoms. The number of fused-ring (bicyclic) bond motifs is 1. The molecule has 1 heterocycles. The fourth-order valence-electron chi connectivity index (χ4n) is 4.06. The van der Waals surface area contributed by atoms with Crippen molar-refractivity contribution in [2.45, 2.75) is 19.5 Å². The fourth-order valence-corrected chi connectivity index (χ4v) is 4.06. The Kier molecular flexibility index (Phi) is 6.46. The number of nitrogens with one attached hydrogen (secondary N) is 1. The molecule has 0 bridgehead atoms. The van der Waals surface area contributed by atoms with Crippen LogP contribution in [-0.2, 0) is 11.0 Å². The molecule has 0 atom stereocenters. The predicted octanol–water partition coefficient (Wildman–Crippen LogP) is 6.63. The first-order valence-corrected chi connectivity index (χ1v) is 10.8. The Morgan fingerprint density at radius 1 is 1.06 bits per heavy atom. The average Bonchev–Trinajstić information content (AvgIpc) is 3.29. The summed E-state index contributed by atoms with van der Waals surface area (Å²) in [5.41, 5.74) is 10.7. The summed E-state index contributed by atoms with van der Waals surface area (Å²) < 4.78 is 39.7. The number of H-pyrrole nitrogens is 1. The maximum atomic E-state index is 13.2. The van der Waals surface area contributed by atoms with Gasteiger partial charge in [0.15, 0.2) is 0 Å². The monoisotopic (exact) mass is 477 g/mol. The van der Waals surface area contributed by atoms with Gasteiger partial charge in [0.1, 0.15) is 0 Å². The smallest absolute Gasteiger partial charge is 0.416 e. The van der Waals surface area contributed by atoms with Crippen molar-refractivity contribution in [2.75, 3.05) is 5.73 Å². The number of carboxylic acid groups (broad SMARTS) is 1. The van der Waals surface area contributed by atoms with E-state index in [0.717, 1.165) is 51.4 Å². The standard InChI is InChI=1S/C27H22F3N3O2/c1-2-21(22-10-9-20(14-23(22)31)27(28,29)30)26(18-8-11-24-19(13-18)15-32-33-24)17-6-3-16(4-7-17)5-12-25(34)35/h3-15H,2,31H2,1H3,(H,32,33)(H,34,35)/b12-5+,26-21+. The number of carboxylic acids is 1. The Balaban J connectivity index is 1.93. The molecule has 178 valence electrons. The fraction of sp³-hybridized carbons (Fsp3) is 0.111. The van der Waals surface area contributed by atoms with Gasteiger partial charge in [-0.25, -0.2) is 4.79 Å². The zero-order valence-corrected chi connectivity index (χ0v) is 18.7. The summed E-state index contributed by atoms with van der Waals surface area (Å²) in [6.45, 7) is 1.92. The van der Waals surface area contributed by atoms with E-state index in [-0.39, 0.29) is 5.69 Å². The first kappa shape index (κ1) is 23.8. The average molecular weight is 477 g/mol. The summed E-state index contributed by atoms with van der Waals surface area (Å²) in [6, 6.07) is 16.5. The van der Waals surface area contributed by atoms with E-state index in [1.54, 1.807) is 18.3 Å². The molecule has 0 radical (unpaired) electrons. The molecule has 0 spiro atoms. The third kappa shape index (κ3) is 5.11. The second-order valence-corrected chi connectivity index (χ2v) is 7.97. The van der Waals surface area contributed by atoms with Gasteiger partial charge in [-0.05, 0) is 64.6 Å². The second-order valence-electron chi connectivity index (χ2n) is 7.97. The van der Waals surface area contributed by atoms with E-state index in [0.29, 0.717) is 17.5 Å². The van der Waals surface area contributed by atoms with Crippen molar-refractivity contribution in [3.63, 3.8) is 0 Å². The number of halogens is 3. The van der Waals surface area contributed by atoms with E-state index < -0.39 is 17.7 Å². The maximum absolute atomic E-state index is 13.2. The number of rotatable bonds is 6. The van der Waals surface area contributed by atoms with E-state index >= 15 is 0 Å². The Labute approximate surface area is 199 Å². The van der Waals surface area contributed by atoms with Gasteiger partial charge in [-0.3, -0.25) is 5.10 Å². The number of hydrogen-bond donors (Lipinski definition) is 3. The molecule has 35 heavy (non-hydrogen) atoms. The number of anilines is 1. The Morgan fingerprint density at radius 3 is 2.40 bits per heavy atom. The number of aromatic amines is 1. The van der Waals surface area contributed by atoms with Gasteiger partial charge in [0.2, 0.25) is 0 Å². The van der Waals surface area contributed by atoms with E-state index in [4.69, 9.17) is 10.8 Å². The minimum atomic E-state index is -4.49. The molecule has 0 fully saturated rings. The summed E-state index contributed by atoms with van der Waals surface area (Å²) in [6.07, 6.45) is 0.265. The number of nitrogen functional groups attached to an aromatic ring is 1. The van der Waals surface area contributed by atoms with Gasteiger partial charge in [-0.15, -0.1) is 0 Å². The molecule has 5 nitrogen and oxygen atoms in total. The molecule has 0 saturated heterocycles. The van der Waals surface area contributed by atoms with Gasteiger partial charge in [-0.1, -0.05) is 43.3 Å². The second kappa shape index (κ2) is 9.50. The van der Waals surface area contributed by atoms with Gasteiger partial charge in [-0.2, -0.15) is 18.3 Å². The van der Waals surface area contributed by atoms with Gasteiger partial charge in [0, 0.05) is 22.7 Å². The molecule has 0 saturated carbocycles. The summed E-state index contributed by atoms with van der Waals surface area (Å²) in [4.78, 5) is 10.8. The van der Waals surface area contributed by atoms with Crippen molar-refractivity contribution in [3.8, 4) is 0 Å². The van der Waals surface area contributed by atoms with Crippen LogP contribution < -0.4 is 5.73 Å². The largest absolute Gasteiger partial charge is 0.478 e. The molecule has 0 unspecified atom stereocenters. The van der Waals surface area contributed by atoms with Crippen LogP contribution >= 0.6 is 0 Å². The highest BCUT2D eigenvalue weighted by molar-refractivity contribution is 6.02. The zero-order valence-electron chi connectivity index (χ0n) is 18.7. The minimum Gasteiger partial charge on any atom is -0.478 e. The molecule has 0 aliphatic rings. The molecular formula is C27H22F3N3O2. The normalized spacial score (nSPS) is 12.8. The van der Waals surface area contributed by atoms with E-state index in [1.165, 1.54) is 12.1 Å². The molecule has 4 N–H and O–H groups in total. The van der Waals surface area contributed by atoms with Crippen molar-refractivity contribution in [3.05, 3.63) is 101 Å². The number of hydrogen-bond acceptors (Lipinski definition) is 3. The van der Waals surface area contributed by atoms with Crippen LogP contribution in [0.3, 0.4) is 0 Å². The van der Waals surface area contributed by atoms with Gasteiger partial charge in [0.05, 0.1) is 17.3 Å². The van der Waals surface area contributed by atoms with Crippen LogP contribution in [0.2, 0.25) is 0 Å². The van der Waals surface area contributed by atoms with Crippen LogP contribution in [0.5, 0.6) is 0 Å². The molecule has 1 aromatic heterocycles. The summed E-state index contributed by atoms with van der Waals surface area (Å²) in [7, 11) is 0. The van der Waals surface area contributed by atoms with Gasteiger partial charge >= 0.3 is 12.1 Å². The molecule has 0 amide bonds. The summed E-state index contributed by atoms with van der Waals surface area (Å²) >= 11 is 0. The van der Waals surface area contributed by atoms with Gasteiger partial charge in [0.25, 0.3) is 0 Å². The van der Waals surface area contributed by atoms with Crippen LogP contribution in [0.15, 0.2) is 72.9 Å². The summed E-state index contributed by atoms with van der Waals surface area (Å²) in [5.74, 6) is -1.05. The van der Waals surface area contributed by atoms with E-state index in [2.05, 4.69) is 10.2 Å². The number of nitrogens with zero attached hydrogens (tertiary/aromatic N) is 1. The first-order valence-electron chi connectivity index (χ1n) is 10.8. The lowest BCUT2D eigenvalue weighted by molar-refractivity contribution is -0.137. The van der Waals surface area contributed by atoms with Crippen LogP contribution in [0.4, 0.5) is 18.9 Å². The quantitative estimate of drug-likeness (QED) is 0.165. The molecule has 0 aliphatic carbocycles. The molecular weight excluding hydrogens is 455 g/mol. The van der Waals surface area contributed by atoms with E-state index in [1.807, 2.05) is 37.3 Å². The third-order valence-corrected chi connectivity index (χ3v) is 5.71. The SMILES string of the molecule is CC/C(=C(/c1ccc(/C=C/C(=O)O)cc1)c1ccc2[nH]ncc2c1)c1ccc(C(F)(F)F)cc1N. The van der Waals surface area contributed by atoms with Crippen LogP contribution in [0, 0.1) is 0 Å². The highest BCUT2D eigenvalue weighted by Crippen LogP contribution is 2.39. The van der Waals surface area contributed by atoms with Crippen LogP contribution in [-0.4, -0.2) is 21.3 Å². The zero-order chi connectivity index (χ0) is 25.2. The molecule has 3 aromatic carbocycles. The lowest BCUT2D eigenvalue weighted by Gasteiger charge is -2.19. The number of carbonyl (C=O) groups is 1. The van der Waals surface area contributed by atoms with Gasteiger partial charge < -0.3 is 10.8 Å². The lowest BCUT2D eigenvalue weighted by atomic mass is 9.86. The molecule has 0 aliphatic heterocycles. The number of aliphatic carboxylic acids is 1. The number of allylic oxidation sites excluding steroid dienone is 1. The third-order valence-electron chi connectivity index (χ3n) is 5.71. The van der Waals surface area contributed by atoms with Crippen molar-refractivity contribution in [2.24, 2.45) is 0 Å². The van der Waals surface area contributed by atoms with Crippen LogP contribution in [0.1, 0.15) is 41.2 Å². The lowest BCUT2D eigenvalue weighted by Crippen LogP contribution is -2.07. The highest BCUT2D eigenvalue weighted by atomic mass is 19.4. The molecule has 4 aromatic rings. The Hall–Kier alpha value is -4.33. The molecule has 4 rings (SSSR count). The number of nitrogens with two attached hydrogens (primary N) is 1.